The summed E-state index contributed by atoms with van der Waals surface area (Å²) in [4.78, 5) is 8.32. The highest BCUT2D eigenvalue weighted by Crippen LogP contribution is 2.41. The standard InChI is InChI=1S/C16H20N2O2/c1-16(5-2-3-6-16)15-17-11-9-13-14(10-12(11)18-15)20-8-4-7-19-13/h9-10H,2-8H2,1H3,(H,17,18). The van der Waals surface area contributed by atoms with Gasteiger partial charge in [0.1, 0.15) is 5.82 Å². The van der Waals surface area contributed by atoms with Gasteiger partial charge in [0.05, 0.1) is 24.2 Å². The Bertz CT molecular complexity index is 598. The molecule has 1 aromatic carbocycles. The van der Waals surface area contributed by atoms with Gasteiger partial charge in [-0.3, -0.25) is 0 Å². The molecular formula is C16H20N2O2. The van der Waals surface area contributed by atoms with Gasteiger partial charge in [-0.05, 0) is 12.8 Å². The minimum absolute atomic E-state index is 0.206. The van der Waals surface area contributed by atoms with Crippen LogP contribution in [0.5, 0.6) is 11.5 Å². The van der Waals surface area contributed by atoms with Gasteiger partial charge in [0.15, 0.2) is 11.5 Å². The molecule has 0 amide bonds. The van der Waals surface area contributed by atoms with Crippen LogP contribution in [-0.2, 0) is 5.41 Å². The zero-order chi connectivity index (χ0) is 13.6. The molecule has 0 unspecified atom stereocenters. The molecule has 2 heterocycles. The van der Waals surface area contributed by atoms with E-state index in [9.17, 15) is 0 Å². The molecular weight excluding hydrogens is 252 g/mol. The number of rotatable bonds is 1. The summed E-state index contributed by atoms with van der Waals surface area (Å²) in [6.45, 7) is 3.75. The average Bonchev–Trinajstić information content (AvgIpc) is 2.98. The van der Waals surface area contributed by atoms with Crippen LogP contribution in [0.4, 0.5) is 0 Å². The van der Waals surface area contributed by atoms with Crippen LogP contribution < -0.4 is 9.47 Å². The summed E-state index contributed by atoms with van der Waals surface area (Å²) in [5, 5.41) is 0. The molecule has 1 aliphatic carbocycles. The molecule has 0 saturated heterocycles. The quantitative estimate of drug-likeness (QED) is 0.863. The van der Waals surface area contributed by atoms with Crippen LogP contribution >= 0.6 is 0 Å². The fourth-order valence-electron chi connectivity index (χ4n) is 3.34. The first-order valence-corrected chi connectivity index (χ1v) is 7.54. The van der Waals surface area contributed by atoms with Crippen molar-refractivity contribution < 1.29 is 9.47 Å². The zero-order valence-electron chi connectivity index (χ0n) is 11.9. The second-order valence-electron chi connectivity index (χ2n) is 6.22. The second kappa shape index (κ2) is 4.40. The van der Waals surface area contributed by atoms with Crippen LogP contribution in [0, 0.1) is 0 Å². The van der Waals surface area contributed by atoms with Crippen LogP contribution in [0.1, 0.15) is 44.9 Å². The molecule has 0 spiro atoms. The molecule has 1 N–H and O–H groups in total. The van der Waals surface area contributed by atoms with Gasteiger partial charge < -0.3 is 14.5 Å². The number of H-pyrrole nitrogens is 1. The number of benzene rings is 1. The van der Waals surface area contributed by atoms with Crippen molar-refractivity contribution in [2.75, 3.05) is 13.2 Å². The predicted octanol–water partition coefficient (Wildman–Crippen LogP) is 3.56. The first-order valence-electron chi connectivity index (χ1n) is 7.54. The van der Waals surface area contributed by atoms with E-state index in [0.29, 0.717) is 6.61 Å². The van der Waals surface area contributed by atoms with Crippen LogP contribution in [0.3, 0.4) is 0 Å². The van der Waals surface area contributed by atoms with Crippen molar-refractivity contribution in [3.8, 4) is 11.5 Å². The summed E-state index contributed by atoms with van der Waals surface area (Å²) >= 11 is 0. The summed E-state index contributed by atoms with van der Waals surface area (Å²) in [5.41, 5.74) is 2.24. The molecule has 1 aromatic heterocycles. The number of ether oxygens (including phenoxy) is 2. The first-order chi connectivity index (χ1) is 9.74. The van der Waals surface area contributed by atoms with E-state index in [1.165, 1.54) is 25.7 Å². The smallest absolute Gasteiger partial charge is 0.163 e. The molecule has 2 aliphatic rings. The lowest BCUT2D eigenvalue weighted by atomic mass is 9.88. The highest BCUT2D eigenvalue weighted by Gasteiger charge is 2.33. The van der Waals surface area contributed by atoms with E-state index in [1.807, 2.05) is 12.1 Å². The fourth-order valence-corrected chi connectivity index (χ4v) is 3.34. The molecule has 4 nitrogen and oxygen atoms in total. The molecule has 4 rings (SSSR count). The predicted molar refractivity (Wildman–Crippen MR) is 77.5 cm³/mol. The second-order valence-corrected chi connectivity index (χ2v) is 6.22. The highest BCUT2D eigenvalue weighted by molar-refractivity contribution is 5.80. The highest BCUT2D eigenvalue weighted by atomic mass is 16.5. The van der Waals surface area contributed by atoms with Crippen molar-refractivity contribution in [3.05, 3.63) is 18.0 Å². The number of imidazole rings is 1. The Hall–Kier alpha value is -1.71. The Morgan fingerprint density at radius 2 is 1.75 bits per heavy atom. The average molecular weight is 272 g/mol. The number of aromatic nitrogens is 2. The van der Waals surface area contributed by atoms with Crippen molar-refractivity contribution in [2.45, 2.75) is 44.4 Å². The topological polar surface area (TPSA) is 47.1 Å². The molecule has 1 aliphatic heterocycles. The summed E-state index contributed by atoms with van der Waals surface area (Å²) in [6.07, 6.45) is 5.98. The molecule has 106 valence electrons. The maximum Gasteiger partial charge on any atom is 0.163 e. The lowest BCUT2D eigenvalue weighted by Crippen LogP contribution is -2.18. The Labute approximate surface area is 118 Å². The minimum Gasteiger partial charge on any atom is -0.489 e. The van der Waals surface area contributed by atoms with Gasteiger partial charge in [-0.25, -0.2) is 4.98 Å². The summed E-state index contributed by atoms with van der Waals surface area (Å²) in [6, 6.07) is 4.04. The van der Waals surface area contributed by atoms with E-state index < -0.39 is 0 Å². The van der Waals surface area contributed by atoms with E-state index in [1.54, 1.807) is 0 Å². The van der Waals surface area contributed by atoms with Gasteiger partial charge in [-0.2, -0.15) is 0 Å². The minimum atomic E-state index is 0.206. The van der Waals surface area contributed by atoms with Crippen LogP contribution in [0.15, 0.2) is 12.1 Å². The molecule has 2 aromatic rings. The molecule has 0 radical (unpaired) electrons. The number of hydrogen-bond donors (Lipinski definition) is 1. The van der Waals surface area contributed by atoms with Gasteiger partial charge in [-0.1, -0.05) is 19.8 Å². The SMILES string of the molecule is CC1(c2nc3cc4c(cc3[nH]2)OCCCO4)CCCC1. The van der Waals surface area contributed by atoms with Crippen molar-refractivity contribution in [1.29, 1.82) is 0 Å². The number of fused-ring (bicyclic) bond motifs is 2. The van der Waals surface area contributed by atoms with E-state index in [2.05, 4.69) is 11.9 Å². The maximum atomic E-state index is 5.74. The van der Waals surface area contributed by atoms with Crippen molar-refractivity contribution >= 4 is 11.0 Å². The van der Waals surface area contributed by atoms with E-state index in [-0.39, 0.29) is 5.41 Å². The van der Waals surface area contributed by atoms with Gasteiger partial charge in [0.2, 0.25) is 0 Å². The first kappa shape index (κ1) is 12.1. The van der Waals surface area contributed by atoms with Crippen LogP contribution in [-0.4, -0.2) is 23.2 Å². The summed E-state index contributed by atoms with van der Waals surface area (Å²) < 4.78 is 11.5. The van der Waals surface area contributed by atoms with Crippen LogP contribution in [0.25, 0.3) is 11.0 Å². The Kier molecular flexibility index (Phi) is 2.65. The lowest BCUT2D eigenvalue weighted by molar-refractivity contribution is 0.297. The number of nitrogens with zero attached hydrogens (tertiary/aromatic N) is 1. The zero-order valence-corrected chi connectivity index (χ0v) is 11.9. The molecule has 20 heavy (non-hydrogen) atoms. The fraction of sp³-hybridized carbons (Fsp3) is 0.562. The van der Waals surface area contributed by atoms with Gasteiger partial charge in [0, 0.05) is 24.0 Å². The Morgan fingerprint density at radius 1 is 1.05 bits per heavy atom. The molecule has 4 heteroatoms. The third-order valence-corrected chi connectivity index (χ3v) is 4.63. The molecule has 1 saturated carbocycles. The van der Waals surface area contributed by atoms with Crippen LogP contribution in [0.2, 0.25) is 0 Å². The van der Waals surface area contributed by atoms with Crippen molar-refractivity contribution in [2.24, 2.45) is 0 Å². The van der Waals surface area contributed by atoms with Crippen molar-refractivity contribution in [3.63, 3.8) is 0 Å². The van der Waals surface area contributed by atoms with Gasteiger partial charge >= 0.3 is 0 Å². The third-order valence-electron chi connectivity index (χ3n) is 4.63. The van der Waals surface area contributed by atoms with E-state index in [4.69, 9.17) is 14.5 Å². The molecule has 0 atom stereocenters. The maximum absolute atomic E-state index is 5.74. The third kappa shape index (κ3) is 1.86. The Balaban J connectivity index is 1.80. The Morgan fingerprint density at radius 3 is 2.50 bits per heavy atom. The van der Waals surface area contributed by atoms with E-state index in [0.717, 1.165) is 41.4 Å². The number of hydrogen-bond acceptors (Lipinski definition) is 3. The summed E-state index contributed by atoms with van der Waals surface area (Å²) in [7, 11) is 0. The molecule has 0 bridgehead atoms. The van der Waals surface area contributed by atoms with E-state index >= 15 is 0 Å². The van der Waals surface area contributed by atoms with Gasteiger partial charge in [-0.15, -0.1) is 0 Å². The number of aromatic amines is 1. The largest absolute Gasteiger partial charge is 0.489 e. The number of nitrogens with one attached hydrogen (secondary N) is 1. The lowest BCUT2D eigenvalue weighted by Gasteiger charge is -2.19. The normalized spacial score (nSPS) is 21.1. The molecule has 1 fully saturated rings. The summed E-state index contributed by atoms with van der Waals surface area (Å²) in [5.74, 6) is 2.77. The monoisotopic (exact) mass is 272 g/mol. The van der Waals surface area contributed by atoms with Gasteiger partial charge in [0.25, 0.3) is 0 Å². The van der Waals surface area contributed by atoms with Crippen molar-refractivity contribution in [1.82, 2.24) is 9.97 Å².